The van der Waals surface area contributed by atoms with Gasteiger partial charge in [-0.3, -0.25) is 4.79 Å². The molecule has 0 spiro atoms. The summed E-state index contributed by atoms with van der Waals surface area (Å²) in [6, 6.07) is 6.59. The van der Waals surface area contributed by atoms with Gasteiger partial charge in [-0.15, -0.1) is 22.6 Å². The zero-order chi connectivity index (χ0) is 24.2. The minimum absolute atomic E-state index is 0. The Morgan fingerprint density at radius 2 is 1.97 bits per heavy atom. The number of aliphatic hydroxyl groups excluding tert-OH is 1. The number of aliphatic hydroxyl groups is 1. The van der Waals surface area contributed by atoms with Crippen molar-refractivity contribution in [3.05, 3.63) is 41.0 Å². The number of methoxy groups -OCH3 is 1. The lowest BCUT2D eigenvalue weighted by atomic mass is 9.71. The number of Topliss-reactive ketones (excluding diaryl/α,β-unsaturated/α-hetero) is 1. The predicted octanol–water partition coefficient (Wildman–Crippen LogP) is 5.95. The van der Waals surface area contributed by atoms with Crippen LogP contribution in [-0.4, -0.2) is 39.4 Å². The van der Waals surface area contributed by atoms with Gasteiger partial charge < -0.3 is 14.4 Å². The van der Waals surface area contributed by atoms with E-state index in [1.165, 1.54) is 19.3 Å². The van der Waals surface area contributed by atoms with Gasteiger partial charge >= 0.3 is 0 Å². The second kappa shape index (κ2) is 12.4. The van der Waals surface area contributed by atoms with Gasteiger partial charge in [0.2, 0.25) is 0 Å². The monoisotopic (exact) mass is 503 g/mol. The third-order valence-corrected chi connectivity index (χ3v) is 7.50. The topological polar surface area (TPSA) is 77.2 Å². The maximum absolute atomic E-state index is 13.0. The molecule has 1 N–H and O–H groups in total. The molecule has 2 saturated carbocycles. The van der Waals surface area contributed by atoms with Crippen LogP contribution in [0.1, 0.15) is 106 Å². The molecule has 2 aliphatic carbocycles. The van der Waals surface area contributed by atoms with Gasteiger partial charge in [-0.25, -0.2) is 0 Å². The van der Waals surface area contributed by atoms with Crippen LogP contribution in [0, 0.1) is 18.8 Å². The predicted molar refractivity (Wildman–Crippen MR) is 141 cm³/mol. The molecule has 1 heterocycles. The van der Waals surface area contributed by atoms with E-state index in [1.54, 1.807) is 7.11 Å². The molecule has 7 heteroatoms. The van der Waals surface area contributed by atoms with E-state index >= 15 is 0 Å². The van der Waals surface area contributed by atoms with E-state index in [2.05, 4.69) is 34.7 Å². The first-order valence-corrected chi connectivity index (χ1v) is 13.1. The Bertz CT molecular complexity index is 980. The van der Waals surface area contributed by atoms with Crippen molar-refractivity contribution < 1.29 is 14.6 Å². The molecule has 194 valence electrons. The number of aryl methyl sites for hydroxylation is 2. The highest BCUT2D eigenvalue weighted by molar-refractivity contribution is 5.85. The molecule has 6 nitrogen and oxygen atoms in total. The molecule has 0 saturated heterocycles. The number of rotatable bonds is 13. The molecule has 0 radical (unpaired) electrons. The molecule has 1 aromatic heterocycles. The summed E-state index contributed by atoms with van der Waals surface area (Å²) in [5, 5.41) is 19.0. The van der Waals surface area contributed by atoms with Gasteiger partial charge in [0.1, 0.15) is 23.2 Å². The quantitative estimate of drug-likeness (QED) is 0.365. The second-order valence-corrected chi connectivity index (χ2v) is 10.9. The number of halogens is 1. The summed E-state index contributed by atoms with van der Waals surface area (Å²) in [6.07, 6.45) is 8.08. The van der Waals surface area contributed by atoms with E-state index < -0.39 is 0 Å². The molecule has 2 aromatic rings. The third kappa shape index (κ3) is 6.85. The van der Waals surface area contributed by atoms with Crippen molar-refractivity contribution in [2.45, 2.75) is 96.4 Å². The minimum Gasteiger partial charge on any atom is -0.496 e. The summed E-state index contributed by atoms with van der Waals surface area (Å²) in [6.45, 7) is 6.68. The lowest BCUT2D eigenvalue weighted by Gasteiger charge is -2.36. The minimum atomic E-state index is -0.0780. The first kappa shape index (κ1) is 27.7. The fraction of sp³-hybridized carbons (Fsp3) is 0.679. The molecular formula is C28H42ClN3O3. The van der Waals surface area contributed by atoms with Crippen molar-refractivity contribution in [1.82, 2.24) is 14.8 Å². The molecule has 2 aliphatic rings. The number of hydrogen-bond acceptors (Lipinski definition) is 5. The van der Waals surface area contributed by atoms with Gasteiger partial charge in [0, 0.05) is 37.3 Å². The number of aromatic nitrogens is 3. The Morgan fingerprint density at radius 1 is 1.23 bits per heavy atom. The summed E-state index contributed by atoms with van der Waals surface area (Å²) < 4.78 is 7.85. The molecule has 2 fully saturated rings. The van der Waals surface area contributed by atoms with Crippen LogP contribution in [0.2, 0.25) is 0 Å². The average Bonchev–Trinajstić information content (AvgIpc) is 3.53. The van der Waals surface area contributed by atoms with Gasteiger partial charge in [0.05, 0.1) is 7.11 Å². The molecule has 0 unspecified atom stereocenters. The van der Waals surface area contributed by atoms with Crippen LogP contribution in [0.4, 0.5) is 0 Å². The number of carbonyl (C=O) groups is 1. The van der Waals surface area contributed by atoms with Gasteiger partial charge in [-0.2, -0.15) is 0 Å². The van der Waals surface area contributed by atoms with E-state index in [0.29, 0.717) is 37.6 Å². The van der Waals surface area contributed by atoms with Gasteiger partial charge in [-0.05, 0) is 80.9 Å². The molecule has 0 bridgehead atoms. The van der Waals surface area contributed by atoms with Crippen LogP contribution in [0.25, 0.3) is 0 Å². The number of carbonyl (C=O) groups excluding carboxylic acids is 1. The third-order valence-electron chi connectivity index (χ3n) is 7.50. The van der Waals surface area contributed by atoms with Crippen LogP contribution in [-0.2, 0) is 11.2 Å². The Kier molecular flexibility index (Phi) is 9.77. The van der Waals surface area contributed by atoms with Crippen molar-refractivity contribution in [1.29, 1.82) is 0 Å². The van der Waals surface area contributed by atoms with Crippen LogP contribution in [0.15, 0.2) is 18.2 Å². The number of benzene rings is 1. The Hall–Kier alpha value is -1.92. The van der Waals surface area contributed by atoms with E-state index in [-0.39, 0.29) is 30.7 Å². The molecular weight excluding hydrogens is 462 g/mol. The molecule has 35 heavy (non-hydrogen) atoms. The van der Waals surface area contributed by atoms with E-state index in [0.717, 1.165) is 53.2 Å². The van der Waals surface area contributed by atoms with Crippen molar-refractivity contribution in [3.8, 4) is 5.75 Å². The van der Waals surface area contributed by atoms with Gasteiger partial charge in [-0.1, -0.05) is 26.0 Å². The van der Waals surface area contributed by atoms with Gasteiger partial charge in [0.15, 0.2) is 0 Å². The number of hydrogen-bond donors (Lipinski definition) is 1. The normalized spacial score (nSPS) is 20.3. The highest BCUT2D eigenvalue weighted by Gasteiger charge is 2.39. The Morgan fingerprint density at radius 3 is 2.60 bits per heavy atom. The van der Waals surface area contributed by atoms with Gasteiger partial charge in [0.25, 0.3) is 0 Å². The first-order chi connectivity index (χ1) is 16.4. The van der Waals surface area contributed by atoms with E-state index in [1.807, 2.05) is 19.1 Å². The van der Waals surface area contributed by atoms with Crippen LogP contribution in [0.3, 0.4) is 0 Å². The summed E-state index contributed by atoms with van der Waals surface area (Å²) in [7, 11) is 1.67. The number of ketones is 1. The average molecular weight is 504 g/mol. The molecule has 0 aliphatic heterocycles. The standard InChI is InChI=1S/C28H41N3O3.ClH/c1-18(2)13-20-15-23(16-20)28-30-29-27(31(28)24-8-9-24)22(11-12-32)17-25(33)10-7-21-6-5-19(3)14-26(21)34-4;/h5-6,14,18,20,22-24,32H,7-13,15-17H2,1-4H3;1H/t20?,22-,23?;/m0./s1. The van der Waals surface area contributed by atoms with Crippen LogP contribution >= 0.6 is 12.4 Å². The number of ether oxygens (including phenoxy) is 1. The molecule has 0 amide bonds. The van der Waals surface area contributed by atoms with Crippen LogP contribution < -0.4 is 4.74 Å². The lowest BCUT2D eigenvalue weighted by molar-refractivity contribution is -0.119. The highest BCUT2D eigenvalue weighted by atomic mass is 35.5. The van der Waals surface area contributed by atoms with E-state index in [9.17, 15) is 9.90 Å². The molecule has 1 atom stereocenters. The maximum Gasteiger partial charge on any atom is 0.136 e. The maximum atomic E-state index is 13.0. The Labute approximate surface area is 216 Å². The fourth-order valence-electron chi connectivity index (χ4n) is 5.57. The second-order valence-electron chi connectivity index (χ2n) is 10.9. The summed E-state index contributed by atoms with van der Waals surface area (Å²) in [4.78, 5) is 13.0. The fourth-order valence-corrected chi connectivity index (χ4v) is 5.57. The zero-order valence-electron chi connectivity index (χ0n) is 21.7. The molecule has 4 rings (SSSR count). The zero-order valence-corrected chi connectivity index (χ0v) is 22.5. The highest BCUT2D eigenvalue weighted by Crippen LogP contribution is 2.48. The largest absolute Gasteiger partial charge is 0.496 e. The SMILES string of the molecule is COc1cc(C)ccc1CCC(=O)C[C@H](CCO)c1nnc(C2CC(CC(C)C)C2)n1C1CC1.Cl. The summed E-state index contributed by atoms with van der Waals surface area (Å²) in [5.74, 6) is 5.03. The van der Waals surface area contributed by atoms with Crippen molar-refractivity contribution in [2.24, 2.45) is 11.8 Å². The molecule has 1 aromatic carbocycles. The van der Waals surface area contributed by atoms with Crippen molar-refractivity contribution in [3.63, 3.8) is 0 Å². The summed E-state index contributed by atoms with van der Waals surface area (Å²) >= 11 is 0. The summed E-state index contributed by atoms with van der Waals surface area (Å²) in [5.41, 5.74) is 2.21. The van der Waals surface area contributed by atoms with Crippen molar-refractivity contribution in [2.75, 3.05) is 13.7 Å². The number of nitrogens with zero attached hydrogens (tertiary/aromatic N) is 3. The van der Waals surface area contributed by atoms with E-state index in [4.69, 9.17) is 4.74 Å². The van der Waals surface area contributed by atoms with Crippen LogP contribution in [0.5, 0.6) is 5.75 Å². The lowest BCUT2D eigenvalue weighted by Crippen LogP contribution is -2.26. The van der Waals surface area contributed by atoms with Crippen molar-refractivity contribution >= 4 is 18.2 Å². The Balaban J connectivity index is 0.00000342. The smallest absolute Gasteiger partial charge is 0.136 e. The first-order valence-electron chi connectivity index (χ1n) is 13.1.